The maximum Gasteiger partial charge on any atom is 0.306 e. The van der Waals surface area contributed by atoms with Gasteiger partial charge in [0, 0.05) is 9.79 Å². The van der Waals surface area contributed by atoms with Crippen molar-refractivity contribution in [1.82, 2.24) is 0 Å². The molecule has 2 aromatic carbocycles. The van der Waals surface area contributed by atoms with Gasteiger partial charge >= 0.3 is 20.2 Å². The van der Waals surface area contributed by atoms with Crippen LogP contribution in [0.1, 0.15) is 0 Å². The van der Waals surface area contributed by atoms with Gasteiger partial charge in [-0.15, -0.1) is 0 Å². The molecule has 0 aliphatic heterocycles. The zero-order chi connectivity index (χ0) is 17.1. The van der Waals surface area contributed by atoms with E-state index in [-0.39, 0.29) is 11.5 Å². The van der Waals surface area contributed by atoms with Crippen molar-refractivity contribution in [2.45, 2.75) is 9.79 Å². The molecule has 0 saturated heterocycles. The van der Waals surface area contributed by atoms with Crippen molar-refractivity contribution >= 4 is 32.0 Å². The predicted octanol–water partition coefficient (Wildman–Crippen LogP) is 2.51. The molecule has 0 fully saturated rings. The molecule has 0 saturated carbocycles. The second kappa shape index (κ2) is 6.81. The summed E-state index contributed by atoms with van der Waals surface area (Å²) in [6, 6.07) is 13.2. The van der Waals surface area contributed by atoms with Crippen LogP contribution in [0.25, 0.3) is 0 Å². The molecular weight excluding hydrogens is 360 g/mol. The normalized spacial score (nSPS) is 11.9. The summed E-state index contributed by atoms with van der Waals surface area (Å²) in [5, 5.41) is 0. The third-order valence-electron chi connectivity index (χ3n) is 2.38. The molecule has 0 N–H and O–H groups in total. The summed E-state index contributed by atoms with van der Waals surface area (Å²) in [5.41, 5.74) is 0. The molecule has 0 aromatic heterocycles. The maximum atomic E-state index is 11.0. The highest BCUT2D eigenvalue weighted by Crippen LogP contribution is 2.30. The first-order chi connectivity index (χ1) is 10.6. The van der Waals surface area contributed by atoms with Gasteiger partial charge in [-0.1, -0.05) is 11.8 Å². The first-order valence-corrected chi connectivity index (χ1v) is 10.7. The molecule has 0 amide bonds. The molecular formula is C14H14O6S3. The summed E-state index contributed by atoms with van der Waals surface area (Å²) < 4.78 is 53.6. The molecule has 0 unspecified atom stereocenters. The summed E-state index contributed by atoms with van der Waals surface area (Å²) in [4.78, 5) is 1.75. The van der Waals surface area contributed by atoms with Gasteiger partial charge in [-0.2, -0.15) is 16.8 Å². The fourth-order valence-electron chi connectivity index (χ4n) is 1.61. The highest BCUT2D eigenvalue weighted by molar-refractivity contribution is 7.99. The van der Waals surface area contributed by atoms with Gasteiger partial charge in [0.15, 0.2) is 0 Å². The van der Waals surface area contributed by atoms with E-state index in [0.29, 0.717) is 0 Å². The molecule has 0 aliphatic carbocycles. The molecule has 0 spiro atoms. The van der Waals surface area contributed by atoms with Crippen LogP contribution in [0.2, 0.25) is 0 Å². The quantitative estimate of drug-likeness (QED) is 0.718. The van der Waals surface area contributed by atoms with Gasteiger partial charge in [0.25, 0.3) is 0 Å². The van der Waals surface area contributed by atoms with Crippen molar-refractivity contribution in [2.75, 3.05) is 12.5 Å². The summed E-state index contributed by atoms with van der Waals surface area (Å²) >= 11 is 1.43. The average molecular weight is 374 g/mol. The van der Waals surface area contributed by atoms with Gasteiger partial charge in [0.05, 0.1) is 12.5 Å². The summed E-state index contributed by atoms with van der Waals surface area (Å²) in [7, 11) is -7.08. The third-order valence-corrected chi connectivity index (χ3v) is 4.38. The molecule has 23 heavy (non-hydrogen) atoms. The lowest BCUT2D eigenvalue weighted by molar-refractivity contribution is 0.491. The fraction of sp³-hybridized carbons (Fsp3) is 0.143. The molecule has 0 atom stereocenters. The summed E-state index contributed by atoms with van der Waals surface area (Å²) in [6.07, 6.45) is 1.96. The van der Waals surface area contributed by atoms with Crippen LogP contribution < -0.4 is 8.37 Å². The van der Waals surface area contributed by atoms with Crippen LogP contribution in [0.5, 0.6) is 11.5 Å². The first kappa shape index (κ1) is 17.6. The van der Waals surface area contributed by atoms with Crippen molar-refractivity contribution in [3.05, 3.63) is 48.5 Å². The Morgan fingerprint density at radius 2 is 0.957 bits per heavy atom. The van der Waals surface area contributed by atoms with E-state index in [1.807, 2.05) is 0 Å². The second-order valence-electron chi connectivity index (χ2n) is 4.62. The molecule has 2 rings (SSSR count). The second-order valence-corrected chi connectivity index (χ2v) is 8.92. The van der Waals surface area contributed by atoms with Crippen LogP contribution >= 0.6 is 11.8 Å². The number of rotatable bonds is 6. The molecule has 0 aliphatic rings. The van der Waals surface area contributed by atoms with Crippen LogP contribution in [0.15, 0.2) is 58.3 Å². The van der Waals surface area contributed by atoms with E-state index >= 15 is 0 Å². The zero-order valence-electron chi connectivity index (χ0n) is 12.3. The fourth-order valence-corrected chi connectivity index (χ4v) is 3.35. The Balaban J connectivity index is 2.04. The Bertz CT molecular complexity index is 794. The van der Waals surface area contributed by atoms with E-state index in [4.69, 9.17) is 8.37 Å². The minimum absolute atomic E-state index is 0.244. The Hall–Kier alpha value is -1.71. The van der Waals surface area contributed by atoms with Gasteiger partial charge in [-0.25, -0.2) is 0 Å². The van der Waals surface area contributed by atoms with E-state index in [0.717, 1.165) is 22.3 Å². The van der Waals surface area contributed by atoms with Crippen molar-refractivity contribution in [3.63, 3.8) is 0 Å². The average Bonchev–Trinajstić information content (AvgIpc) is 2.40. The minimum atomic E-state index is -3.54. The highest BCUT2D eigenvalue weighted by Gasteiger charge is 2.06. The van der Waals surface area contributed by atoms with E-state index in [1.54, 1.807) is 48.5 Å². The molecule has 0 heterocycles. The summed E-state index contributed by atoms with van der Waals surface area (Å²) in [5.74, 6) is 0.488. The van der Waals surface area contributed by atoms with Gasteiger partial charge < -0.3 is 8.37 Å². The Morgan fingerprint density at radius 3 is 1.22 bits per heavy atom. The minimum Gasteiger partial charge on any atom is -0.383 e. The van der Waals surface area contributed by atoms with Crippen LogP contribution in [-0.2, 0) is 20.2 Å². The first-order valence-electron chi connectivity index (χ1n) is 6.28. The number of hydrogen-bond donors (Lipinski definition) is 0. The SMILES string of the molecule is CS(=O)(=O)Oc1ccc(Sc2ccc(OS(C)(=O)=O)cc2)cc1. The van der Waals surface area contributed by atoms with Crippen LogP contribution in [0, 0.1) is 0 Å². The van der Waals surface area contributed by atoms with E-state index in [2.05, 4.69) is 0 Å². The smallest absolute Gasteiger partial charge is 0.306 e. The molecule has 2 aromatic rings. The van der Waals surface area contributed by atoms with Gasteiger partial charge in [-0.05, 0) is 48.5 Å². The van der Waals surface area contributed by atoms with Crippen LogP contribution in [0.3, 0.4) is 0 Å². The van der Waals surface area contributed by atoms with E-state index < -0.39 is 20.2 Å². The predicted molar refractivity (Wildman–Crippen MR) is 88.0 cm³/mol. The van der Waals surface area contributed by atoms with Crippen molar-refractivity contribution in [3.8, 4) is 11.5 Å². The topological polar surface area (TPSA) is 86.7 Å². The van der Waals surface area contributed by atoms with Gasteiger partial charge in [0.2, 0.25) is 0 Å². The lowest BCUT2D eigenvalue weighted by Gasteiger charge is -2.06. The van der Waals surface area contributed by atoms with Crippen molar-refractivity contribution in [1.29, 1.82) is 0 Å². The third kappa shape index (κ3) is 6.51. The lowest BCUT2D eigenvalue weighted by atomic mass is 10.3. The zero-order valence-corrected chi connectivity index (χ0v) is 14.7. The highest BCUT2D eigenvalue weighted by atomic mass is 32.2. The molecule has 124 valence electrons. The number of benzene rings is 2. The van der Waals surface area contributed by atoms with Crippen molar-refractivity contribution < 1.29 is 25.2 Å². The monoisotopic (exact) mass is 374 g/mol. The van der Waals surface area contributed by atoms with Crippen LogP contribution in [0.4, 0.5) is 0 Å². The molecule has 6 nitrogen and oxygen atoms in total. The Labute approximate surface area is 139 Å². The molecule has 9 heteroatoms. The van der Waals surface area contributed by atoms with E-state index in [1.165, 1.54) is 11.8 Å². The molecule has 0 radical (unpaired) electrons. The van der Waals surface area contributed by atoms with Crippen molar-refractivity contribution in [2.24, 2.45) is 0 Å². The van der Waals surface area contributed by atoms with Gasteiger partial charge in [0.1, 0.15) is 11.5 Å². The lowest BCUT2D eigenvalue weighted by Crippen LogP contribution is -2.05. The van der Waals surface area contributed by atoms with E-state index in [9.17, 15) is 16.8 Å². The maximum absolute atomic E-state index is 11.0. The molecule has 0 bridgehead atoms. The van der Waals surface area contributed by atoms with Gasteiger partial charge in [-0.3, -0.25) is 0 Å². The van der Waals surface area contributed by atoms with Crippen LogP contribution in [-0.4, -0.2) is 29.3 Å². The Kier molecular flexibility index (Phi) is 5.23. The largest absolute Gasteiger partial charge is 0.383 e. The summed E-state index contributed by atoms with van der Waals surface area (Å²) in [6.45, 7) is 0. The standard InChI is InChI=1S/C14H14O6S3/c1-22(15,16)19-11-3-7-13(8-4-11)21-14-9-5-12(6-10-14)20-23(2,17)18/h3-10H,1-2H3. The number of hydrogen-bond acceptors (Lipinski definition) is 7. The Morgan fingerprint density at radius 1 is 0.652 bits per heavy atom.